The molecule has 0 fully saturated rings. The van der Waals surface area contributed by atoms with Crippen LogP contribution in [-0.2, 0) is 4.79 Å². The van der Waals surface area contributed by atoms with Crippen LogP contribution in [-0.4, -0.2) is 21.2 Å². The second kappa shape index (κ2) is 6.55. The van der Waals surface area contributed by atoms with Gasteiger partial charge in [-0.3, -0.25) is 14.2 Å². The van der Waals surface area contributed by atoms with Crippen molar-refractivity contribution in [3.05, 3.63) is 63.4 Å². The molecule has 0 radical (unpaired) electrons. The maximum Gasteiger partial charge on any atom is 0.266 e. The number of aromatic nitrogens is 2. The van der Waals surface area contributed by atoms with Gasteiger partial charge in [0.2, 0.25) is 5.91 Å². The molecule has 0 aliphatic rings. The third kappa shape index (κ3) is 3.30. The van der Waals surface area contributed by atoms with E-state index in [0.29, 0.717) is 21.7 Å². The summed E-state index contributed by atoms with van der Waals surface area (Å²) >= 11 is 4.52. The summed E-state index contributed by atoms with van der Waals surface area (Å²) in [5.41, 5.74) is 6.32. The van der Waals surface area contributed by atoms with Gasteiger partial charge in [0.05, 0.1) is 22.3 Å². The number of primary amides is 1. The molecule has 0 aliphatic heterocycles. The third-order valence-corrected chi connectivity index (χ3v) is 4.66. The van der Waals surface area contributed by atoms with Crippen molar-refractivity contribution < 1.29 is 4.79 Å². The summed E-state index contributed by atoms with van der Waals surface area (Å²) < 4.78 is 2.41. The topological polar surface area (TPSA) is 78.0 Å². The van der Waals surface area contributed by atoms with E-state index in [2.05, 4.69) is 20.9 Å². The van der Waals surface area contributed by atoms with Crippen molar-refractivity contribution in [1.82, 2.24) is 9.55 Å². The molecule has 0 atom stereocenters. The highest BCUT2D eigenvalue weighted by Gasteiger charge is 2.13. The second-order valence-electron chi connectivity index (χ2n) is 4.78. The summed E-state index contributed by atoms with van der Waals surface area (Å²) in [6.07, 6.45) is 0. The van der Waals surface area contributed by atoms with Crippen LogP contribution < -0.4 is 11.3 Å². The molecule has 2 aromatic carbocycles. The Bertz CT molecular complexity index is 938. The molecule has 2 N–H and O–H groups in total. The number of amides is 1. The first-order valence-corrected chi connectivity index (χ1v) is 8.53. The number of hydrogen-bond acceptors (Lipinski definition) is 4. The van der Waals surface area contributed by atoms with Gasteiger partial charge in [-0.25, -0.2) is 4.98 Å². The van der Waals surface area contributed by atoms with Gasteiger partial charge in [0.1, 0.15) is 0 Å². The minimum atomic E-state index is -0.459. The van der Waals surface area contributed by atoms with Crippen LogP contribution >= 0.6 is 27.7 Å². The minimum Gasteiger partial charge on any atom is -0.369 e. The van der Waals surface area contributed by atoms with E-state index in [1.165, 1.54) is 4.57 Å². The Labute approximate surface area is 144 Å². The summed E-state index contributed by atoms with van der Waals surface area (Å²) in [6.45, 7) is 0. The van der Waals surface area contributed by atoms with Gasteiger partial charge >= 0.3 is 0 Å². The summed E-state index contributed by atoms with van der Waals surface area (Å²) in [6, 6.07) is 14.5. The average molecular weight is 390 g/mol. The first kappa shape index (κ1) is 15.8. The van der Waals surface area contributed by atoms with Crippen molar-refractivity contribution in [3.63, 3.8) is 0 Å². The molecule has 7 heteroatoms. The Kier molecular flexibility index (Phi) is 4.49. The van der Waals surface area contributed by atoms with Gasteiger partial charge in [-0.2, -0.15) is 0 Å². The van der Waals surface area contributed by atoms with Gasteiger partial charge in [0.25, 0.3) is 5.56 Å². The average Bonchev–Trinajstić information content (AvgIpc) is 2.54. The normalized spacial score (nSPS) is 10.8. The lowest BCUT2D eigenvalue weighted by Gasteiger charge is -2.12. The Morgan fingerprint density at radius 3 is 2.57 bits per heavy atom. The van der Waals surface area contributed by atoms with Crippen molar-refractivity contribution in [2.24, 2.45) is 5.73 Å². The van der Waals surface area contributed by atoms with Crippen molar-refractivity contribution >= 4 is 44.5 Å². The van der Waals surface area contributed by atoms with E-state index >= 15 is 0 Å². The number of benzene rings is 2. The van der Waals surface area contributed by atoms with E-state index in [0.717, 1.165) is 16.2 Å². The van der Waals surface area contributed by atoms with Crippen LogP contribution in [0.4, 0.5) is 0 Å². The number of rotatable bonds is 4. The maximum absolute atomic E-state index is 12.9. The van der Waals surface area contributed by atoms with Crippen LogP contribution in [0.1, 0.15) is 0 Å². The van der Waals surface area contributed by atoms with Crippen LogP contribution in [0.3, 0.4) is 0 Å². The molecule has 0 spiro atoms. The van der Waals surface area contributed by atoms with E-state index < -0.39 is 5.91 Å². The van der Waals surface area contributed by atoms with Crippen molar-refractivity contribution in [2.75, 3.05) is 5.75 Å². The van der Waals surface area contributed by atoms with E-state index in [9.17, 15) is 9.59 Å². The molecule has 0 bridgehead atoms. The fraction of sp³-hybridized carbons (Fsp3) is 0.0625. The number of para-hydroxylation sites is 1. The number of carbonyl (C=O) groups excluding carboxylic acids is 1. The van der Waals surface area contributed by atoms with Gasteiger partial charge in [-0.1, -0.05) is 39.8 Å². The number of fused-ring (bicyclic) bond motifs is 1. The van der Waals surface area contributed by atoms with E-state index in [4.69, 9.17) is 5.73 Å². The number of hydrogen-bond donors (Lipinski definition) is 1. The van der Waals surface area contributed by atoms with Gasteiger partial charge in [-0.15, -0.1) is 0 Å². The predicted molar refractivity (Wildman–Crippen MR) is 95.0 cm³/mol. The fourth-order valence-corrected chi connectivity index (χ4v) is 3.18. The van der Waals surface area contributed by atoms with Crippen LogP contribution in [0.5, 0.6) is 0 Å². The summed E-state index contributed by atoms with van der Waals surface area (Å²) in [5, 5.41) is 0.966. The minimum absolute atomic E-state index is 0.0569. The lowest BCUT2D eigenvalue weighted by atomic mass is 10.2. The third-order valence-electron chi connectivity index (χ3n) is 3.17. The molecule has 5 nitrogen and oxygen atoms in total. The monoisotopic (exact) mass is 389 g/mol. The molecule has 0 saturated heterocycles. The molecule has 1 heterocycles. The lowest BCUT2D eigenvalue weighted by Crippen LogP contribution is -2.23. The van der Waals surface area contributed by atoms with Crippen LogP contribution in [0.2, 0.25) is 0 Å². The fourth-order valence-electron chi connectivity index (χ4n) is 2.16. The largest absolute Gasteiger partial charge is 0.369 e. The van der Waals surface area contributed by atoms with Crippen molar-refractivity contribution in [1.29, 1.82) is 0 Å². The highest BCUT2D eigenvalue weighted by atomic mass is 79.9. The number of nitrogens with zero attached hydrogens (tertiary/aromatic N) is 2. The number of nitrogens with two attached hydrogens (primary N) is 1. The first-order valence-electron chi connectivity index (χ1n) is 6.75. The van der Waals surface area contributed by atoms with Crippen molar-refractivity contribution in [3.8, 4) is 5.69 Å². The smallest absolute Gasteiger partial charge is 0.266 e. The number of halogens is 1. The summed E-state index contributed by atoms with van der Waals surface area (Å²) in [4.78, 5) is 28.5. The molecular weight excluding hydrogens is 378 g/mol. The first-order chi connectivity index (χ1) is 11.1. The van der Waals surface area contributed by atoms with Gasteiger partial charge < -0.3 is 5.73 Å². The zero-order valence-corrected chi connectivity index (χ0v) is 14.3. The highest BCUT2D eigenvalue weighted by molar-refractivity contribution is 9.10. The predicted octanol–water partition coefficient (Wildman–Crippen LogP) is 2.73. The lowest BCUT2D eigenvalue weighted by molar-refractivity contribution is -0.115. The molecule has 3 rings (SSSR count). The van der Waals surface area contributed by atoms with E-state index in [-0.39, 0.29) is 11.3 Å². The summed E-state index contributed by atoms with van der Waals surface area (Å²) in [5.74, 6) is -0.402. The SMILES string of the molecule is NC(=O)CSc1nc2ccccc2c(=O)n1-c1ccc(Br)cc1. The van der Waals surface area contributed by atoms with Crippen LogP contribution in [0.25, 0.3) is 16.6 Å². The zero-order chi connectivity index (χ0) is 16.4. The Hall–Kier alpha value is -2.12. The molecule has 0 unspecified atom stereocenters. The number of carbonyl (C=O) groups is 1. The molecule has 0 saturated carbocycles. The Balaban J connectivity index is 2.25. The molecule has 0 aliphatic carbocycles. The van der Waals surface area contributed by atoms with Gasteiger partial charge in [-0.05, 0) is 36.4 Å². The standard InChI is InChI=1S/C16H12BrN3O2S/c17-10-5-7-11(8-6-10)20-15(22)12-3-1-2-4-13(12)19-16(20)23-9-14(18)21/h1-8H,9H2,(H2,18,21). The Morgan fingerprint density at radius 1 is 1.17 bits per heavy atom. The van der Waals surface area contributed by atoms with E-state index in [1.54, 1.807) is 18.2 Å². The molecule has 116 valence electrons. The van der Waals surface area contributed by atoms with Crippen LogP contribution in [0, 0.1) is 0 Å². The second-order valence-corrected chi connectivity index (χ2v) is 6.64. The molecule has 1 aromatic heterocycles. The van der Waals surface area contributed by atoms with Gasteiger partial charge in [0, 0.05) is 4.47 Å². The molecule has 3 aromatic rings. The Morgan fingerprint density at radius 2 is 1.87 bits per heavy atom. The zero-order valence-electron chi connectivity index (χ0n) is 11.9. The van der Waals surface area contributed by atoms with E-state index in [1.807, 2.05) is 30.3 Å². The molecule has 1 amide bonds. The van der Waals surface area contributed by atoms with Gasteiger partial charge in [0.15, 0.2) is 5.16 Å². The van der Waals surface area contributed by atoms with Crippen LogP contribution in [0.15, 0.2) is 63.0 Å². The quantitative estimate of drug-likeness (QED) is 0.549. The maximum atomic E-state index is 12.9. The highest BCUT2D eigenvalue weighted by Crippen LogP contribution is 2.22. The van der Waals surface area contributed by atoms with Crippen molar-refractivity contribution in [2.45, 2.75) is 5.16 Å². The molecular formula is C16H12BrN3O2S. The summed E-state index contributed by atoms with van der Waals surface area (Å²) in [7, 11) is 0. The molecule has 23 heavy (non-hydrogen) atoms. The number of thioether (sulfide) groups is 1.